The molecule has 0 bridgehead atoms. The molecule has 0 spiro atoms. The highest BCUT2D eigenvalue weighted by Crippen LogP contribution is 2.25. The van der Waals surface area contributed by atoms with E-state index in [2.05, 4.69) is 38.1 Å². The molecule has 20 heavy (non-hydrogen) atoms. The van der Waals surface area contributed by atoms with E-state index in [0.717, 1.165) is 0 Å². The van der Waals surface area contributed by atoms with Crippen molar-refractivity contribution in [1.82, 2.24) is 0 Å². The summed E-state index contributed by atoms with van der Waals surface area (Å²) >= 11 is 4.01. The van der Waals surface area contributed by atoms with Crippen molar-refractivity contribution in [3.8, 4) is 0 Å². The van der Waals surface area contributed by atoms with Gasteiger partial charge >= 0.3 is 0 Å². The quantitative estimate of drug-likeness (QED) is 0.300. The molecule has 0 radical (unpaired) electrons. The smallest absolute Gasteiger partial charge is 0.00727 e. The van der Waals surface area contributed by atoms with E-state index in [1.54, 1.807) is 0 Å². The Bertz CT molecular complexity index is 286. The highest BCUT2D eigenvalue weighted by molar-refractivity contribution is 7.99. The molecule has 0 atom stereocenters. The molecule has 0 aromatic heterocycles. The molecule has 0 saturated heterocycles. The van der Waals surface area contributed by atoms with Crippen molar-refractivity contribution >= 4 is 23.5 Å². The second kappa shape index (κ2) is 12.6. The molecule has 1 aromatic rings. The van der Waals surface area contributed by atoms with Crippen LogP contribution in [-0.4, -0.2) is 11.5 Å². The number of hydrogen-bond donors (Lipinski definition) is 0. The summed E-state index contributed by atoms with van der Waals surface area (Å²) in [5, 5.41) is 0. The predicted octanol–water partition coefficient (Wildman–Crippen LogP) is 7.03. The van der Waals surface area contributed by atoms with Crippen LogP contribution in [0.1, 0.15) is 65.2 Å². The molecule has 0 nitrogen and oxygen atoms in total. The third kappa shape index (κ3) is 8.97. The Balaban J connectivity index is 2.13. The molecule has 2 heteroatoms. The molecule has 1 rings (SSSR count). The van der Waals surface area contributed by atoms with Crippen molar-refractivity contribution in [3.63, 3.8) is 0 Å². The third-order valence-electron chi connectivity index (χ3n) is 3.36. The molecule has 0 N–H and O–H groups in total. The van der Waals surface area contributed by atoms with Gasteiger partial charge < -0.3 is 0 Å². The Morgan fingerprint density at radius 1 is 0.600 bits per heavy atom. The first kappa shape index (κ1) is 18.0. The van der Waals surface area contributed by atoms with Crippen LogP contribution in [0, 0.1) is 0 Å². The van der Waals surface area contributed by atoms with Crippen molar-refractivity contribution < 1.29 is 0 Å². The number of thioether (sulfide) groups is 2. The lowest BCUT2D eigenvalue weighted by molar-refractivity contribution is 0.706. The number of rotatable bonds is 12. The van der Waals surface area contributed by atoms with Crippen LogP contribution in [0.25, 0.3) is 0 Å². The normalized spacial score (nSPS) is 10.9. The standard InChI is InChI=1S/C18H30S2/c1-3-5-7-9-15-19-17-11-13-18(14-12-17)20-16-10-8-6-4-2/h11-14H,3-10,15-16H2,1-2H3. The maximum Gasteiger partial charge on any atom is 0.00727 e. The molecule has 1 aromatic carbocycles. The summed E-state index contributed by atoms with van der Waals surface area (Å²) in [4.78, 5) is 2.86. The van der Waals surface area contributed by atoms with Crippen molar-refractivity contribution in [2.75, 3.05) is 11.5 Å². The fraction of sp³-hybridized carbons (Fsp3) is 0.667. The maximum atomic E-state index is 2.29. The minimum absolute atomic E-state index is 1.27. The van der Waals surface area contributed by atoms with Gasteiger partial charge in [0, 0.05) is 9.79 Å². The molecule has 0 aliphatic rings. The molecule has 0 fully saturated rings. The lowest BCUT2D eigenvalue weighted by atomic mass is 10.2. The summed E-state index contributed by atoms with van der Waals surface area (Å²) in [5.74, 6) is 2.53. The van der Waals surface area contributed by atoms with E-state index in [1.165, 1.54) is 72.7 Å². The first-order valence-corrected chi connectivity index (χ1v) is 10.2. The maximum absolute atomic E-state index is 2.29. The van der Waals surface area contributed by atoms with Crippen molar-refractivity contribution in [1.29, 1.82) is 0 Å². The summed E-state index contributed by atoms with van der Waals surface area (Å²) in [7, 11) is 0. The van der Waals surface area contributed by atoms with Crippen LogP contribution < -0.4 is 0 Å². The minimum Gasteiger partial charge on any atom is -0.126 e. The SMILES string of the molecule is CCCCCCSc1ccc(SCCCCCC)cc1. The van der Waals surface area contributed by atoms with Crippen LogP contribution in [0.4, 0.5) is 0 Å². The fourth-order valence-electron chi connectivity index (χ4n) is 2.07. The lowest BCUT2D eigenvalue weighted by Crippen LogP contribution is -1.83. The zero-order valence-corrected chi connectivity index (χ0v) is 14.8. The topological polar surface area (TPSA) is 0 Å². The van der Waals surface area contributed by atoms with E-state index in [1.807, 2.05) is 23.5 Å². The van der Waals surface area contributed by atoms with E-state index in [0.29, 0.717) is 0 Å². The van der Waals surface area contributed by atoms with Gasteiger partial charge in [-0.05, 0) is 48.6 Å². The molecule has 0 saturated carbocycles. The Hall–Kier alpha value is -0.0800. The summed E-state index contributed by atoms with van der Waals surface area (Å²) in [5.41, 5.74) is 0. The summed E-state index contributed by atoms with van der Waals surface area (Å²) in [6.07, 6.45) is 10.9. The Kier molecular flexibility index (Phi) is 11.4. The zero-order chi connectivity index (χ0) is 14.5. The molecule has 114 valence electrons. The van der Waals surface area contributed by atoms with Gasteiger partial charge in [-0.2, -0.15) is 0 Å². The van der Waals surface area contributed by atoms with Crippen LogP contribution >= 0.6 is 23.5 Å². The summed E-state index contributed by atoms with van der Waals surface area (Å²) in [6.45, 7) is 4.54. The van der Waals surface area contributed by atoms with Crippen LogP contribution in [0.3, 0.4) is 0 Å². The van der Waals surface area contributed by atoms with Gasteiger partial charge in [-0.25, -0.2) is 0 Å². The van der Waals surface area contributed by atoms with Gasteiger partial charge in [0.25, 0.3) is 0 Å². The molecule has 0 amide bonds. The molecule has 0 unspecified atom stereocenters. The molecular formula is C18H30S2. The first-order chi connectivity index (χ1) is 9.86. The van der Waals surface area contributed by atoms with E-state index in [4.69, 9.17) is 0 Å². The first-order valence-electron chi connectivity index (χ1n) is 8.22. The number of hydrogen-bond acceptors (Lipinski definition) is 2. The van der Waals surface area contributed by atoms with Crippen LogP contribution in [0.15, 0.2) is 34.1 Å². The van der Waals surface area contributed by atoms with Gasteiger partial charge in [0.15, 0.2) is 0 Å². The second-order valence-electron chi connectivity index (χ2n) is 5.29. The van der Waals surface area contributed by atoms with E-state index >= 15 is 0 Å². The van der Waals surface area contributed by atoms with E-state index in [-0.39, 0.29) is 0 Å². The van der Waals surface area contributed by atoms with Gasteiger partial charge in [-0.3, -0.25) is 0 Å². The zero-order valence-electron chi connectivity index (χ0n) is 13.2. The molecule has 0 aliphatic carbocycles. The Morgan fingerprint density at radius 2 is 1.00 bits per heavy atom. The van der Waals surface area contributed by atoms with Gasteiger partial charge in [-0.15, -0.1) is 23.5 Å². The second-order valence-corrected chi connectivity index (χ2v) is 7.63. The fourth-order valence-corrected chi connectivity index (χ4v) is 3.90. The molecular weight excluding hydrogens is 280 g/mol. The largest absolute Gasteiger partial charge is 0.126 e. The average molecular weight is 311 g/mol. The lowest BCUT2D eigenvalue weighted by Gasteiger charge is -2.04. The van der Waals surface area contributed by atoms with Gasteiger partial charge in [0.05, 0.1) is 0 Å². The molecule has 0 aliphatic heterocycles. The molecule has 0 heterocycles. The minimum atomic E-state index is 1.27. The Morgan fingerprint density at radius 3 is 1.35 bits per heavy atom. The van der Waals surface area contributed by atoms with Crippen molar-refractivity contribution in [2.24, 2.45) is 0 Å². The van der Waals surface area contributed by atoms with Crippen molar-refractivity contribution in [3.05, 3.63) is 24.3 Å². The van der Waals surface area contributed by atoms with Gasteiger partial charge in [0.1, 0.15) is 0 Å². The average Bonchev–Trinajstić information content (AvgIpc) is 2.48. The van der Waals surface area contributed by atoms with Gasteiger partial charge in [-0.1, -0.05) is 52.4 Å². The van der Waals surface area contributed by atoms with Crippen LogP contribution in [0.5, 0.6) is 0 Å². The highest BCUT2D eigenvalue weighted by atomic mass is 32.2. The summed E-state index contributed by atoms with van der Waals surface area (Å²) < 4.78 is 0. The van der Waals surface area contributed by atoms with E-state index in [9.17, 15) is 0 Å². The number of unbranched alkanes of at least 4 members (excludes halogenated alkanes) is 6. The van der Waals surface area contributed by atoms with E-state index < -0.39 is 0 Å². The Labute approximate surface area is 134 Å². The highest BCUT2D eigenvalue weighted by Gasteiger charge is 1.97. The van der Waals surface area contributed by atoms with Gasteiger partial charge in [0.2, 0.25) is 0 Å². The number of benzene rings is 1. The van der Waals surface area contributed by atoms with Crippen molar-refractivity contribution in [2.45, 2.75) is 75.0 Å². The summed E-state index contributed by atoms with van der Waals surface area (Å²) in [6, 6.07) is 9.16. The third-order valence-corrected chi connectivity index (χ3v) is 5.55. The predicted molar refractivity (Wildman–Crippen MR) is 96.2 cm³/mol. The van der Waals surface area contributed by atoms with Crippen LogP contribution in [-0.2, 0) is 0 Å². The monoisotopic (exact) mass is 310 g/mol. The van der Waals surface area contributed by atoms with Crippen LogP contribution in [0.2, 0.25) is 0 Å².